The molecule has 0 saturated carbocycles. The van der Waals surface area contributed by atoms with Crippen LogP contribution in [0.2, 0.25) is 0 Å². The Labute approximate surface area is 161 Å². The monoisotopic (exact) mass is 368 g/mol. The Morgan fingerprint density at radius 3 is 2.26 bits per heavy atom. The Kier molecular flexibility index (Phi) is 8.01. The third kappa shape index (κ3) is 6.53. The third-order valence-corrected chi connectivity index (χ3v) is 4.52. The summed E-state index contributed by atoms with van der Waals surface area (Å²) in [4.78, 5) is 26.4. The number of ether oxygens (including phenoxy) is 1. The van der Waals surface area contributed by atoms with Gasteiger partial charge in [-0.15, -0.1) is 0 Å². The minimum absolute atomic E-state index is 0.0275. The molecule has 5 heteroatoms. The zero-order valence-electron chi connectivity index (χ0n) is 16.3. The number of carbonyl (C=O) groups excluding carboxylic acids is 2. The highest BCUT2D eigenvalue weighted by molar-refractivity contribution is 5.96. The lowest BCUT2D eigenvalue weighted by Gasteiger charge is -2.25. The SMILES string of the molecule is COc1ccc(C(=O)CCCC(=O)NCC(c2ccccc2)N(C)C)cc1. The molecule has 0 heterocycles. The second-order valence-electron chi connectivity index (χ2n) is 6.70. The van der Waals surface area contributed by atoms with E-state index in [0.717, 1.165) is 11.3 Å². The topological polar surface area (TPSA) is 58.6 Å². The number of amides is 1. The van der Waals surface area contributed by atoms with Crippen LogP contribution in [0.3, 0.4) is 0 Å². The van der Waals surface area contributed by atoms with Crippen molar-refractivity contribution >= 4 is 11.7 Å². The number of likely N-dealkylation sites (N-methyl/N-ethyl adjacent to an activating group) is 1. The van der Waals surface area contributed by atoms with Gasteiger partial charge in [0.25, 0.3) is 0 Å². The van der Waals surface area contributed by atoms with E-state index >= 15 is 0 Å². The van der Waals surface area contributed by atoms with E-state index in [1.54, 1.807) is 31.4 Å². The van der Waals surface area contributed by atoms with Crippen LogP contribution < -0.4 is 10.1 Å². The maximum atomic E-state index is 12.2. The van der Waals surface area contributed by atoms with Crippen LogP contribution in [0.4, 0.5) is 0 Å². The molecule has 2 aromatic carbocycles. The molecule has 2 rings (SSSR count). The molecular formula is C22H28N2O3. The van der Waals surface area contributed by atoms with Gasteiger partial charge in [-0.3, -0.25) is 9.59 Å². The summed E-state index contributed by atoms with van der Waals surface area (Å²) in [6, 6.07) is 17.3. The van der Waals surface area contributed by atoms with Crippen molar-refractivity contribution in [1.29, 1.82) is 0 Å². The quantitative estimate of drug-likeness (QED) is 0.653. The number of ketones is 1. The van der Waals surface area contributed by atoms with Crippen molar-refractivity contribution in [3.8, 4) is 5.75 Å². The van der Waals surface area contributed by atoms with E-state index in [-0.39, 0.29) is 17.7 Å². The lowest BCUT2D eigenvalue weighted by atomic mass is 10.0. The van der Waals surface area contributed by atoms with Crippen molar-refractivity contribution in [1.82, 2.24) is 10.2 Å². The second kappa shape index (κ2) is 10.5. The summed E-state index contributed by atoms with van der Waals surface area (Å²) in [5, 5.41) is 2.98. The Hall–Kier alpha value is -2.66. The molecular weight excluding hydrogens is 340 g/mol. The molecule has 2 aromatic rings. The number of rotatable bonds is 10. The van der Waals surface area contributed by atoms with Gasteiger partial charge in [0, 0.05) is 24.9 Å². The molecule has 0 aliphatic rings. The summed E-state index contributed by atoms with van der Waals surface area (Å²) >= 11 is 0. The molecule has 27 heavy (non-hydrogen) atoms. The van der Waals surface area contributed by atoms with Crippen molar-refractivity contribution in [3.63, 3.8) is 0 Å². The van der Waals surface area contributed by atoms with Gasteiger partial charge in [0.1, 0.15) is 5.75 Å². The summed E-state index contributed by atoms with van der Waals surface area (Å²) in [6.45, 7) is 0.544. The molecule has 1 N–H and O–H groups in total. The van der Waals surface area contributed by atoms with Crippen LogP contribution in [-0.4, -0.2) is 44.3 Å². The van der Waals surface area contributed by atoms with Gasteiger partial charge in [0.05, 0.1) is 13.2 Å². The van der Waals surface area contributed by atoms with E-state index in [1.165, 1.54) is 0 Å². The largest absolute Gasteiger partial charge is 0.497 e. The van der Waals surface area contributed by atoms with E-state index in [4.69, 9.17) is 4.74 Å². The van der Waals surface area contributed by atoms with Crippen LogP contribution in [0.25, 0.3) is 0 Å². The van der Waals surface area contributed by atoms with Gasteiger partial charge in [-0.2, -0.15) is 0 Å². The molecule has 5 nitrogen and oxygen atoms in total. The smallest absolute Gasteiger partial charge is 0.220 e. The molecule has 0 aliphatic heterocycles. The Morgan fingerprint density at radius 1 is 1.00 bits per heavy atom. The number of nitrogens with zero attached hydrogens (tertiary/aromatic N) is 1. The maximum absolute atomic E-state index is 12.2. The zero-order valence-corrected chi connectivity index (χ0v) is 16.3. The average Bonchev–Trinajstić information content (AvgIpc) is 2.68. The highest BCUT2D eigenvalue weighted by Gasteiger charge is 2.15. The number of benzene rings is 2. The Bertz CT molecular complexity index is 727. The number of hydrogen-bond acceptors (Lipinski definition) is 4. The normalized spacial score (nSPS) is 11.9. The van der Waals surface area contributed by atoms with Crippen molar-refractivity contribution in [2.45, 2.75) is 25.3 Å². The van der Waals surface area contributed by atoms with E-state index in [2.05, 4.69) is 22.3 Å². The van der Waals surface area contributed by atoms with Gasteiger partial charge in [0.2, 0.25) is 5.91 Å². The molecule has 0 aliphatic carbocycles. The van der Waals surface area contributed by atoms with Crippen LogP contribution in [0, 0.1) is 0 Å². The molecule has 1 atom stereocenters. The first-order valence-electron chi connectivity index (χ1n) is 9.16. The molecule has 1 amide bonds. The minimum Gasteiger partial charge on any atom is -0.497 e. The predicted octanol–water partition coefficient (Wildman–Crippen LogP) is 3.47. The first kappa shape index (κ1) is 20.6. The number of Topliss-reactive ketones (excluding diaryl/α,β-unsaturated/α-hetero) is 1. The van der Waals surface area contributed by atoms with E-state index < -0.39 is 0 Å². The zero-order chi connectivity index (χ0) is 19.6. The van der Waals surface area contributed by atoms with Gasteiger partial charge in [0.15, 0.2) is 5.78 Å². The highest BCUT2D eigenvalue weighted by Crippen LogP contribution is 2.17. The van der Waals surface area contributed by atoms with Crippen molar-refractivity contribution in [2.75, 3.05) is 27.7 Å². The van der Waals surface area contributed by atoms with Gasteiger partial charge in [-0.1, -0.05) is 30.3 Å². The molecule has 1 unspecified atom stereocenters. The van der Waals surface area contributed by atoms with E-state index in [9.17, 15) is 9.59 Å². The van der Waals surface area contributed by atoms with Crippen LogP contribution >= 0.6 is 0 Å². The lowest BCUT2D eigenvalue weighted by molar-refractivity contribution is -0.121. The average molecular weight is 368 g/mol. The van der Waals surface area contributed by atoms with Gasteiger partial charge < -0.3 is 15.0 Å². The van der Waals surface area contributed by atoms with Gasteiger partial charge >= 0.3 is 0 Å². The van der Waals surface area contributed by atoms with E-state index in [1.807, 2.05) is 32.3 Å². The summed E-state index contributed by atoms with van der Waals surface area (Å²) in [6.07, 6.45) is 1.24. The van der Waals surface area contributed by atoms with Gasteiger partial charge in [-0.25, -0.2) is 0 Å². The maximum Gasteiger partial charge on any atom is 0.220 e. The van der Waals surface area contributed by atoms with Crippen molar-refractivity contribution in [2.24, 2.45) is 0 Å². The molecule has 144 valence electrons. The number of methoxy groups -OCH3 is 1. The summed E-state index contributed by atoms with van der Waals surface area (Å²) in [7, 11) is 5.59. The second-order valence-corrected chi connectivity index (χ2v) is 6.70. The Balaban J connectivity index is 1.75. The summed E-state index contributed by atoms with van der Waals surface area (Å²) in [5.41, 5.74) is 1.81. The van der Waals surface area contributed by atoms with E-state index in [0.29, 0.717) is 31.4 Å². The molecule has 0 radical (unpaired) electrons. The van der Waals surface area contributed by atoms with Gasteiger partial charge in [-0.05, 0) is 50.3 Å². The number of hydrogen-bond donors (Lipinski definition) is 1. The predicted molar refractivity (Wildman–Crippen MR) is 107 cm³/mol. The summed E-state index contributed by atoms with van der Waals surface area (Å²) in [5.74, 6) is 0.737. The van der Waals surface area contributed by atoms with Crippen LogP contribution in [0.1, 0.15) is 41.2 Å². The highest BCUT2D eigenvalue weighted by atomic mass is 16.5. The fourth-order valence-corrected chi connectivity index (χ4v) is 2.90. The molecule has 0 aromatic heterocycles. The number of carbonyl (C=O) groups is 2. The van der Waals surface area contributed by atoms with Crippen LogP contribution in [0.15, 0.2) is 54.6 Å². The van der Waals surface area contributed by atoms with Crippen LogP contribution in [0.5, 0.6) is 5.75 Å². The lowest BCUT2D eigenvalue weighted by Crippen LogP contribution is -2.34. The van der Waals surface area contributed by atoms with Crippen molar-refractivity contribution < 1.29 is 14.3 Å². The molecule has 0 bridgehead atoms. The summed E-state index contributed by atoms with van der Waals surface area (Å²) < 4.78 is 5.09. The first-order chi connectivity index (χ1) is 13.0. The minimum atomic E-state index is -0.0275. The number of nitrogens with one attached hydrogen (secondary N) is 1. The fraction of sp³-hybridized carbons (Fsp3) is 0.364. The standard InChI is InChI=1S/C22H28N2O3/c1-24(2)20(17-8-5-4-6-9-17)16-23-22(26)11-7-10-21(25)18-12-14-19(27-3)15-13-18/h4-6,8-9,12-15,20H,7,10-11,16H2,1-3H3,(H,23,26). The van der Waals surface area contributed by atoms with Crippen LogP contribution in [-0.2, 0) is 4.79 Å². The first-order valence-corrected chi connectivity index (χ1v) is 9.16. The molecule has 0 spiro atoms. The molecule has 0 fully saturated rings. The van der Waals surface area contributed by atoms with Crippen molar-refractivity contribution in [3.05, 3.63) is 65.7 Å². The fourth-order valence-electron chi connectivity index (χ4n) is 2.90. The molecule has 0 saturated heterocycles. The Morgan fingerprint density at radius 2 is 1.67 bits per heavy atom. The third-order valence-electron chi connectivity index (χ3n) is 4.52.